The third-order valence-electron chi connectivity index (χ3n) is 4.53. The van der Waals surface area contributed by atoms with Crippen molar-refractivity contribution in [1.82, 2.24) is 10.2 Å². The molecule has 0 aromatic carbocycles. The zero-order valence-corrected chi connectivity index (χ0v) is 11.4. The second kappa shape index (κ2) is 5.38. The first-order chi connectivity index (χ1) is 8.06. The van der Waals surface area contributed by atoms with Crippen molar-refractivity contribution < 1.29 is 4.79 Å². The number of amides is 1. The number of nitrogens with one attached hydrogen (secondary N) is 1. The van der Waals surface area contributed by atoms with Crippen molar-refractivity contribution in [2.24, 2.45) is 11.8 Å². The average molecular weight is 238 g/mol. The molecule has 2 rings (SSSR count). The Morgan fingerprint density at radius 3 is 2.24 bits per heavy atom. The highest BCUT2D eigenvalue weighted by molar-refractivity contribution is 5.73. The van der Waals surface area contributed by atoms with Crippen LogP contribution >= 0.6 is 0 Å². The quantitative estimate of drug-likeness (QED) is 0.816. The Bertz CT molecular complexity index is 263. The molecule has 0 radical (unpaired) electrons. The van der Waals surface area contributed by atoms with E-state index in [0.717, 1.165) is 43.8 Å². The van der Waals surface area contributed by atoms with Crippen LogP contribution in [-0.4, -0.2) is 36.0 Å². The lowest BCUT2D eigenvalue weighted by Gasteiger charge is -2.42. The minimum Gasteiger partial charge on any atom is -0.343 e. The van der Waals surface area contributed by atoms with Crippen LogP contribution in [0.25, 0.3) is 0 Å². The minimum atomic E-state index is 0.229. The fraction of sp³-hybridized carbons (Fsp3) is 0.929. The lowest BCUT2D eigenvalue weighted by atomic mass is 9.73. The van der Waals surface area contributed by atoms with Crippen LogP contribution in [-0.2, 0) is 4.79 Å². The van der Waals surface area contributed by atoms with E-state index < -0.39 is 0 Å². The molecule has 98 valence electrons. The molecule has 2 aliphatic rings. The van der Waals surface area contributed by atoms with Gasteiger partial charge in [0.2, 0.25) is 5.91 Å². The van der Waals surface area contributed by atoms with Gasteiger partial charge in [0, 0.05) is 32.1 Å². The Hall–Kier alpha value is -0.570. The number of hydrogen-bond acceptors (Lipinski definition) is 2. The molecule has 0 atom stereocenters. The van der Waals surface area contributed by atoms with Crippen LogP contribution < -0.4 is 5.32 Å². The Morgan fingerprint density at radius 1 is 1.18 bits per heavy atom. The molecule has 1 N–H and O–H groups in total. The number of carbonyl (C=O) groups excluding carboxylic acids is 1. The van der Waals surface area contributed by atoms with Gasteiger partial charge in [-0.3, -0.25) is 4.79 Å². The summed E-state index contributed by atoms with van der Waals surface area (Å²) in [7, 11) is 0. The van der Waals surface area contributed by atoms with Gasteiger partial charge in [0.1, 0.15) is 0 Å². The molecular formula is C14H26N2O. The zero-order valence-electron chi connectivity index (χ0n) is 11.4. The number of carbonyl (C=O) groups is 1. The molecule has 1 aliphatic heterocycles. The van der Waals surface area contributed by atoms with E-state index in [1.54, 1.807) is 6.92 Å². The Morgan fingerprint density at radius 2 is 1.76 bits per heavy atom. The maximum atomic E-state index is 11.2. The molecule has 0 aromatic heterocycles. The van der Waals surface area contributed by atoms with Crippen molar-refractivity contribution in [3.8, 4) is 0 Å². The van der Waals surface area contributed by atoms with Crippen molar-refractivity contribution in [2.45, 2.75) is 58.5 Å². The fourth-order valence-corrected chi connectivity index (χ4v) is 3.04. The van der Waals surface area contributed by atoms with Crippen molar-refractivity contribution in [1.29, 1.82) is 0 Å². The maximum absolute atomic E-state index is 11.2. The van der Waals surface area contributed by atoms with Gasteiger partial charge in [-0.15, -0.1) is 0 Å². The Balaban J connectivity index is 1.65. The highest BCUT2D eigenvalue weighted by Crippen LogP contribution is 2.34. The van der Waals surface area contributed by atoms with E-state index in [9.17, 15) is 4.79 Å². The van der Waals surface area contributed by atoms with E-state index in [0.29, 0.717) is 6.04 Å². The van der Waals surface area contributed by atoms with Crippen LogP contribution in [0.15, 0.2) is 0 Å². The lowest BCUT2D eigenvalue weighted by Crippen LogP contribution is -2.51. The molecule has 17 heavy (non-hydrogen) atoms. The van der Waals surface area contributed by atoms with Gasteiger partial charge in [-0.2, -0.15) is 0 Å². The summed E-state index contributed by atoms with van der Waals surface area (Å²) in [4.78, 5) is 13.2. The number of rotatable bonds is 3. The van der Waals surface area contributed by atoms with E-state index in [2.05, 4.69) is 19.2 Å². The van der Waals surface area contributed by atoms with Gasteiger partial charge < -0.3 is 10.2 Å². The normalized spacial score (nSPS) is 30.5. The second-order valence-electron chi connectivity index (χ2n) is 6.12. The third-order valence-corrected chi connectivity index (χ3v) is 4.53. The predicted octanol–water partition coefficient (Wildman–Crippen LogP) is 2.02. The van der Waals surface area contributed by atoms with Crippen molar-refractivity contribution in [2.75, 3.05) is 13.1 Å². The third kappa shape index (κ3) is 3.21. The van der Waals surface area contributed by atoms with E-state index in [4.69, 9.17) is 0 Å². The van der Waals surface area contributed by atoms with Gasteiger partial charge in [-0.05, 0) is 37.5 Å². The summed E-state index contributed by atoms with van der Waals surface area (Å²) in [6.07, 6.45) is 4.96. The van der Waals surface area contributed by atoms with Crippen molar-refractivity contribution >= 4 is 5.91 Å². The monoisotopic (exact) mass is 238 g/mol. The minimum absolute atomic E-state index is 0.229. The highest BCUT2D eigenvalue weighted by Gasteiger charge is 2.33. The summed E-state index contributed by atoms with van der Waals surface area (Å²) in [5.41, 5.74) is 0. The van der Waals surface area contributed by atoms with Crippen LogP contribution in [0.1, 0.15) is 46.5 Å². The SMILES string of the molecule is CC(=O)N1CCC(NC2CC(C(C)C)C2)CC1. The zero-order chi connectivity index (χ0) is 12.4. The molecular weight excluding hydrogens is 212 g/mol. The van der Waals surface area contributed by atoms with Gasteiger partial charge in [0.15, 0.2) is 0 Å². The number of nitrogens with zero attached hydrogens (tertiary/aromatic N) is 1. The average Bonchev–Trinajstić information content (AvgIpc) is 2.23. The van der Waals surface area contributed by atoms with E-state index in [-0.39, 0.29) is 5.91 Å². The molecule has 2 fully saturated rings. The summed E-state index contributed by atoms with van der Waals surface area (Å²) in [5, 5.41) is 3.76. The first-order valence-corrected chi connectivity index (χ1v) is 7.08. The standard InChI is InChI=1S/C14H26N2O/c1-10(2)12-8-14(9-12)15-13-4-6-16(7-5-13)11(3)17/h10,12-15H,4-9H2,1-3H3. The first kappa shape index (κ1) is 12.9. The smallest absolute Gasteiger partial charge is 0.219 e. The van der Waals surface area contributed by atoms with Crippen molar-refractivity contribution in [3.05, 3.63) is 0 Å². The number of piperidine rings is 1. The predicted molar refractivity (Wildman–Crippen MR) is 69.8 cm³/mol. The van der Waals surface area contributed by atoms with Crippen molar-refractivity contribution in [3.63, 3.8) is 0 Å². The van der Waals surface area contributed by atoms with Gasteiger partial charge in [0.05, 0.1) is 0 Å². The molecule has 3 heteroatoms. The topological polar surface area (TPSA) is 32.3 Å². The second-order valence-corrected chi connectivity index (χ2v) is 6.12. The Kier molecular flexibility index (Phi) is 4.08. The molecule has 1 heterocycles. The van der Waals surface area contributed by atoms with Crippen LogP contribution in [0.4, 0.5) is 0 Å². The number of hydrogen-bond donors (Lipinski definition) is 1. The van der Waals surface area contributed by atoms with Crippen LogP contribution in [0, 0.1) is 11.8 Å². The molecule has 0 unspecified atom stereocenters. The van der Waals surface area contributed by atoms with Gasteiger partial charge in [-0.25, -0.2) is 0 Å². The van der Waals surface area contributed by atoms with Gasteiger partial charge >= 0.3 is 0 Å². The van der Waals surface area contributed by atoms with Crippen LogP contribution in [0.5, 0.6) is 0 Å². The molecule has 0 bridgehead atoms. The summed E-state index contributed by atoms with van der Waals surface area (Å²) < 4.78 is 0. The summed E-state index contributed by atoms with van der Waals surface area (Å²) in [6.45, 7) is 8.20. The lowest BCUT2D eigenvalue weighted by molar-refractivity contribution is -0.129. The molecule has 0 aromatic rings. The molecule has 3 nitrogen and oxygen atoms in total. The van der Waals surface area contributed by atoms with Gasteiger partial charge in [-0.1, -0.05) is 13.8 Å². The summed E-state index contributed by atoms with van der Waals surface area (Å²) in [5.74, 6) is 2.00. The maximum Gasteiger partial charge on any atom is 0.219 e. The molecule has 1 amide bonds. The summed E-state index contributed by atoms with van der Waals surface area (Å²) in [6, 6.07) is 1.39. The fourth-order valence-electron chi connectivity index (χ4n) is 3.04. The van der Waals surface area contributed by atoms with E-state index >= 15 is 0 Å². The highest BCUT2D eigenvalue weighted by atomic mass is 16.2. The Labute approximate surface area is 105 Å². The largest absolute Gasteiger partial charge is 0.343 e. The molecule has 1 aliphatic carbocycles. The molecule has 1 saturated carbocycles. The van der Waals surface area contributed by atoms with Gasteiger partial charge in [0.25, 0.3) is 0 Å². The molecule has 1 saturated heterocycles. The van der Waals surface area contributed by atoms with E-state index in [1.165, 1.54) is 12.8 Å². The first-order valence-electron chi connectivity index (χ1n) is 7.08. The van der Waals surface area contributed by atoms with E-state index in [1.807, 2.05) is 4.90 Å². The summed E-state index contributed by atoms with van der Waals surface area (Å²) >= 11 is 0. The van der Waals surface area contributed by atoms with Crippen LogP contribution in [0.3, 0.4) is 0 Å². The number of likely N-dealkylation sites (tertiary alicyclic amines) is 1. The molecule has 0 spiro atoms. The van der Waals surface area contributed by atoms with Crippen LogP contribution in [0.2, 0.25) is 0 Å².